The van der Waals surface area contributed by atoms with Crippen molar-refractivity contribution in [3.8, 4) is 11.5 Å². The molecule has 0 atom stereocenters. The van der Waals surface area contributed by atoms with Crippen molar-refractivity contribution >= 4 is 21.7 Å². The first-order valence-corrected chi connectivity index (χ1v) is 8.28. The monoisotopic (exact) mass is 375 g/mol. The van der Waals surface area contributed by atoms with Gasteiger partial charge in [0.05, 0.1) is 7.11 Å². The van der Waals surface area contributed by atoms with Crippen LogP contribution in [0.3, 0.4) is 0 Å². The smallest absolute Gasteiger partial charge is 0.167 e. The van der Waals surface area contributed by atoms with Crippen LogP contribution in [0.25, 0.3) is 0 Å². The van der Waals surface area contributed by atoms with Gasteiger partial charge in [-0.1, -0.05) is 22.0 Å². The van der Waals surface area contributed by atoms with Crippen LogP contribution >= 0.6 is 15.9 Å². The quantitative estimate of drug-likeness (QED) is 0.787. The molecule has 0 amide bonds. The summed E-state index contributed by atoms with van der Waals surface area (Å²) in [4.78, 5) is 12.5. The Bertz CT molecular complexity index is 696. The Labute approximate surface area is 143 Å². The zero-order valence-electron chi connectivity index (χ0n) is 12.8. The average molecular weight is 376 g/mol. The molecule has 120 valence electrons. The van der Waals surface area contributed by atoms with Crippen molar-refractivity contribution in [1.82, 2.24) is 5.32 Å². The first-order chi connectivity index (χ1) is 11.2. The fourth-order valence-corrected chi connectivity index (χ4v) is 2.70. The third-order valence-corrected chi connectivity index (χ3v) is 4.32. The molecule has 0 bridgehead atoms. The van der Waals surface area contributed by atoms with Crippen LogP contribution in [0, 0.1) is 0 Å². The van der Waals surface area contributed by atoms with Crippen LogP contribution in [0.4, 0.5) is 0 Å². The van der Waals surface area contributed by atoms with Crippen LogP contribution in [0.15, 0.2) is 46.9 Å². The molecule has 3 rings (SSSR count). The van der Waals surface area contributed by atoms with Gasteiger partial charge in [0.2, 0.25) is 0 Å². The second kappa shape index (κ2) is 7.15. The van der Waals surface area contributed by atoms with E-state index in [1.165, 1.54) is 0 Å². The van der Waals surface area contributed by atoms with E-state index in [1.807, 2.05) is 18.2 Å². The van der Waals surface area contributed by atoms with Crippen LogP contribution in [0.1, 0.15) is 15.9 Å². The molecule has 2 aromatic rings. The summed E-state index contributed by atoms with van der Waals surface area (Å²) in [5, 5.41) is 3.18. The molecule has 1 aliphatic rings. The molecule has 2 aromatic carbocycles. The number of ether oxygens (including phenoxy) is 2. The summed E-state index contributed by atoms with van der Waals surface area (Å²) in [6, 6.07) is 13.0. The Morgan fingerprint density at radius 2 is 1.96 bits per heavy atom. The van der Waals surface area contributed by atoms with Crippen molar-refractivity contribution in [3.63, 3.8) is 0 Å². The second-order valence-corrected chi connectivity index (χ2v) is 6.39. The van der Waals surface area contributed by atoms with E-state index in [-0.39, 0.29) is 11.9 Å². The molecular formula is C18H18BrNO3. The standard InChI is InChI=1S/C18H18BrNO3/c1-22-15-6-3-12(4-7-15)17(21)8-13-2-5-14(19)9-18(13)23-16-10-20-11-16/h2-7,9,16,20H,8,10-11H2,1H3. The maximum atomic E-state index is 12.5. The van der Waals surface area contributed by atoms with Gasteiger partial charge in [0.1, 0.15) is 17.6 Å². The number of hydrogen-bond acceptors (Lipinski definition) is 4. The van der Waals surface area contributed by atoms with Gasteiger partial charge in [-0.2, -0.15) is 0 Å². The minimum atomic E-state index is 0.0616. The van der Waals surface area contributed by atoms with E-state index < -0.39 is 0 Å². The number of Topliss-reactive ketones (excluding diaryl/α,β-unsaturated/α-hetero) is 1. The molecular weight excluding hydrogens is 358 g/mol. The highest BCUT2D eigenvalue weighted by Gasteiger charge is 2.20. The second-order valence-electron chi connectivity index (χ2n) is 5.48. The number of carbonyl (C=O) groups is 1. The number of carbonyl (C=O) groups excluding carboxylic acids is 1. The van der Waals surface area contributed by atoms with Crippen LogP contribution in [-0.4, -0.2) is 32.1 Å². The molecule has 0 aromatic heterocycles. The average Bonchev–Trinajstić information content (AvgIpc) is 2.53. The van der Waals surface area contributed by atoms with Crippen molar-refractivity contribution in [2.24, 2.45) is 0 Å². The Morgan fingerprint density at radius 1 is 1.22 bits per heavy atom. The molecule has 23 heavy (non-hydrogen) atoms. The van der Waals surface area contributed by atoms with Gasteiger partial charge in [-0.05, 0) is 36.4 Å². The zero-order valence-corrected chi connectivity index (χ0v) is 14.4. The summed E-state index contributed by atoms with van der Waals surface area (Å²) in [7, 11) is 1.61. The number of benzene rings is 2. The van der Waals surface area contributed by atoms with Crippen LogP contribution in [0.2, 0.25) is 0 Å². The largest absolute Gasteiger partial charge is 0.497 e. The fourth-order valence-electron chi connectivity index (χ4n) is 2.36. The number of halogens is 1. The van der Waals surface area contributed by atoms with E-state index >= 15 is 0 Å². The van der Waals surface area contributed by atoms with Crippen LogP contribution in [-0.2, 0) is 6.42 Å². The molecule has 4 nitrogen and oxygen atoms in total. The molecule has 1 N–H and O–H groups in total. The SMILES string of the molecule is COc1ccc(C(=O)Cc2ccc(Br)cc2OC2CNC2)cc1. The van der Waals surface area contributed by atoms with Crippen molar-refractivity contribution in [2.45, 2.75) is 12.5 Å². The highest BCUT2D eigenvalue weighted by atomic mass is 79.9. The number of ketones is 1. The molecule has 0 spiro atoms. The number of hydrogen-bond donors (Lipinski definition) is 1. The molecule has 1 aliphatic heterocycles. The van der Waals surface area contributed by atoms with Crippen LogP contribution in [0.5, 0.6) is 11.5 Å². The molecule has 1 fully saturated rings. The molecule has 0 radical (unpaired) electrons. The van der Waals surface area contributed by atoms with Gasteiger partial charge >= 0.3 is 0 Å². The molecule has 0 saturated carbocycles. The molecule has 5 heteroatoms. The predicted octanol–water partition coefficient (Wildman–Crippen LogP) is 3.23. The molecule has 1 saturated heterocycles. The maximum absolute atomic E-state index is 12.5. The van der Waals surface area contributed by atoms with E-state index in [1.54, 1.807) is 31.4 Å². The van der Waals surface area contributed by atoms with E-state index in [9.17, 15) is 4.79 Å². The van der Waals surface area contributed by atoms with E-state index in [0.717, 1.165) is 34.6 Å². The predicted molar refractivity (Wildman–Crippen MR) is 92.5 cm³/mol. The summed E-state index contributed by atoms with van der Waals surface area (Å²) in [5.74, 6) is 1.57. The van der Waals surface area contributed by atoms with E-state index in [4.69, 9.17) is 9.47 Å². The number of rotatable bonds is 6. The highest BCUT2D eigenvalue weighted by Crippen LogP contribution is 2.27. The van der Waals surface area contributed by atoms with Gasteiger partial charge in [-0.25, -0.2) is 0 Å². The first-order valence-electron chi connectivity index (χ1n) is 7.49. The van der Waals surface area contributed by atoms with Crippen molar-refractivity contribution < 1.29 is 14.3 Å². The lowest BCUT2D eigenvalue weighted by Crippen LogP contribution is -2.50. The Morgan fingerprint density at radius 3 is 2.57 bits per heavy atom. The third kappa shape index (κ3) is 3.92. The summed E-state index contributed by atoms with van der Waals surface area (Å²) in [6.45, 7) is 1.69. The van der Waals surface area contributed by atoms with Crippen molar-refractivity contribution in [2.75, 3.05) is 20.2 Å². The Balaban J connectivity index is 1.76. The van der Waals surface area contributed by atoms with Gasteiger partial charge in [0, 0.05) is 35.1 Å². The van der Waals surface area contributed by atoms with Crippen molar-refractivity contribution in [3.05, 3.63) is 58.1 Å². The van der Waals surface area contributed by atoms with Crippen LogP contribution < -0.4 is 14.8 Å². The van der Waals surface area contributed by atoms with Gasteiger partial charge in [-0.3, -0.25) is 4.79 Å². The van der Waals surface area contributed by atoms with Gasteiger partial charge in [-0.15, -0.1) is 0 Å². The lowest BCUT2D eigenvalue weighted by Gasteiger charge is -2.28. The minimum Gasteiger partial charge on any atom is -0.497 e. The third-order valence-electron chi connectivity index (χ3n) is 3.83. The normalized spacial score (nSPS) is 14.2. The first kappa shape index (κ1) is 16.0. The van der Waals surface area contributed by atoms with Gasteiger partial charge in [0.25, 0.3) is 0 Å². The lowest BCUT2D eigenvalue weighted by atomic mass is 10.0. The Hall–Kier alpha value is -1.85. The summed E-state index contributed by atoms with van der Waals surface area (Å²) in [5.41, 5.74) is 1.57. The zero-order chi connectivity index (χ0) is 16.2. The molecule has 0 aliphatic carbocycles. The number of nitrogens with one attached hydrogen (secondary N) is 1. The number of methoxy groups -OCH3 is 1. The maximum Gasteiger partial charge on any atom is 0.167 e. The fraction of sp³-hybridized carbons (Fsp3) is 0.278. The van der Waals surface area contributed by atoms with E-state index in [2.05, 4.69) is 21.2 Å². The summed E-state index contributed by atoms with van der Waals surface area (Å²) in [6.07, 6.45) is 0.494. The topological polar surface area (TPSA) is 47.6 Å². The highest BCUT2D eigenvalue weighted by molar-refractivity contribution is 9.10. The summed E-state index contributed by atoms with van der Waals surface area (Å²) < 4.78 is 12.0. The van der Waals surface area contributed by atoms with E-state index in [0.29, 0.717) is 12.0 Å². The Kier molecular flexibility index (Phi) is 4.98. The minimum absolute atomic E-state index is 0.0616. The van der Waals surface area contributed by atoms with Crippen molar-refractivity contribution in [1.29, 1.82) is 0 Å². The summed E-state index contributed by atoms with van der Waals surface area (Å²) >= 11 is 3.46. The molecule has 1 heterocycles. The lowest BCUT2D eigenvalue weighted by molar-refractivity contribution is 0.0988. The molecule has 0 unspecified atom stereocenters. The van der Waals surface area contributed by atoms with Gasteiger partial charge in [0.15, 0.2) is 5.78 Å². The van der Waals surface area contributed by atoms with Gasteiger partial charge < -0.3 is 14.8 Å².